The van der Waals surface area contributed by atoms with Crippen molar-refractivity contribution in [1.82, 2.24) is 20.4 Å². The van der Waals surface area contributed by atoms with E-state index in [0.717, 1.165) is 56.7 Å². The van der Waals surface area contributed by atoms with Gasteiger partial charge in [-0.2, -0.15) is 0 Å². The van der Waals surface area contributed by atoms with Crippen LogP contribution in [0.4, 0.5) is 0 Å². The minimum Gasteiger partial charge on any atom is -0.497 e. The zero-order valence-corrected chi connectivity index (χ0v) is 17.2. The van der Waals surface area contributed by atoms with Crippen molar-refractivity contribution in [2.24, 2.45) is 4.99 Å². The van der Waals surface area contributed by atoms with Gasteiger partial charge in [0, 0.05) is 45.8 Å². The minimum atomic E-state index is 0.484. The second-order valence-electron chi connectivity index (χ2n) is 6.72. The summed E-state index contributed by atoms with van der Waals surface area (Å²) in [5.74, 6) is 2.48. The van der Waals surface area contributed by atoms with Crippen LogP contribution in [-0.4, -0.2) is 88.4 Å². The fourth-order valence-corrected chi connectivity index (χ4v) is 3.12. The topological polar surface area (TPSA) is 61.4 Å². The molecule has 7 nitrogen and oxygen atoms in total. The van der Waals surface area contributed by atoms with Crippen molar-refractivity contribution >= 4 is 5.96 Å². The normalized spacial score (nSPS) is 17.4. The highest BCUT2D eigenvalue weighted by Gasteiger charge is 2.20. The Morgan fingerprint density at radius 3 is 2.37 bits per heavy atom. The van der Waals surface area contributed by atoms with E-state index in [4.69, 9.17) is 9.47 Å². The molecular formula is C20H35N5O2. The Kier molecular flexibility index (Phi) is 9.21. The maximum Gasteiger partial charge on any atom is 0.191 e. The van der Waals surface area contributed by atoms with Crippen molar-refractivity contribution in [3.05, 3.63) is 24.3 Å². The minimum absolute atomic E-state index is 0.484. The molecule has 0 amide bonds. The summed E-state index contributed by atoms with van der Waals surface area (Å²) in [5.41, 5.74) is 0. The number of nitrogens with one attached hydrogen (secondary N) is 2. The lowest BCUT2D eigenvalue weighted by Crippen LogP contribution is -2.53. The summed E-state index contributed by atoms with van der Waals surface area (Å²) in [6, 6.07) is 8.09. The SMILES string of the molecule is CCN1CCN(C(C)CNC(=NC)NCCOc2ccc(OC)cc2)CC1. The van der Waals surface area contributed by atoms with Crippen molar-refractivity contribution in [3.8, 4) is 11.5 Å². The zero-order valence-electron chi connectivity index (χ0n) is 17.2. The number of rotatable bonds is 9. The molecule has 152 valence electrons. The number of aliphatic imine (C=N–C) groups is 1. The van der Waals surface area contributed by atoms with Crippen LogP contribution in [0.1, 0.15) is 13.8 Å². The van der Waals surface area contributed by atoms with E-state index in [2.05, 4.69) is 39.3 Å². The molecule has 0 spiro atoms. The van der Waals surface area contributed by atoms with Crippen molar-refractivity contribution in [2.45, 2.75) is 19.9 Å². The van der Waals surface area contributed by atoms with Gasteiger partial charge in [-0.3, -0.25) is 9.89 Å². The second-order valence-corrected chi connectivity index (χ2v) is 6.72. The maximum atomic E-state index is 5.73. The summed E-state index contributed by atoms with van der Waals surface area (Å²) in [6.45, 7) is 12.4. The van der Waals surface area contributed by atoms with Gasteiger partial charge in [0.25, 0.3) is 0 Å². The van der Waals surface area contributed by atoms with Gasteiger partial charge in [0.2, 0.25) is 0 Å². The van der Waals surface area contributed by atoms with E-state index in [0.29, 0.717) is 19.2 Å². The third-order valence-electron chi connectivity index (χ3n) is 4.99. The predicted octanol–water partition coefficient (Wildman–Crippen LogP) is 1.27. The van der Waals surface area contributed by atoms with E-state index < -0.39 is 0 Å². The first kappa shape index (κ1) is 21.3. The van der Waals surface area contributed by atoms with Crippen LogP contribution in [0.2, 0.25) is 0 Å². The number of methoxy groups -OCH3 is 1. The molecule has 2 N–H and O–H groups in total. The summed E-state index contributed by atoms with van der Waals surface area (Å²) in [7, 11) is 3.45. The number of guanidine groups is 1. The van der Waals surface area contributed by atoms with Crippen LogP contribution in [0, 0.1) is 0 Å². The van der Waals surface area contributed by atoms with E-state index >= 15 is 0 Å². The lowest BCUT2D eigenvalue weighted by molar-refractivity contribution is 0.107. The number of ether oxygens (including phenoxy) is 2. The van der Waals surface area contributed by atoms with Gasteiger partial charge in [-0.25, -0.2) is 0 Å². The number of likely N-dealkylation sites (N-methyl/N-ethyl adjacent to an activating group) is 1. The molecule has 1 aliphatic rings. The number of hydrogen-bond acceptors (Lipinski definition) is 5. The number of piperazine rings is 1. The van der Waals surface area contributed by atoms with Gasteiger partial charge >= 0.3 is 0 Å². The molecule has 1 atom stereocenters. The summed E-state index contributed by atoms with van der Waals surface area (Å²) < 4.78 is 10.9. The summed E-state index contributed by atoms with van der Waals surface area (Å²) in [5, 5.41) is 6.72. The molecule has 0 radical (unpaired) electrons. The average molecular weight is 378 g/mol. The fraction of sp³-hybridized carbons (Fsp3) is 0.650. The molecule has 1 aliphatic heterocycles. The van der Waals surface area contributed by atoms with E-state index in [1.165, 1.54) is 0 Å². The van der Waals surface area contributed by atoms with E-state index in [1.807, 2.05) is 24.3 Å². The second kappa shape index (κ2) is 11.7. The molecule has 27 heavy (non-hydrogen) atoms. The van der Waals surface area contributed by atoms with E-state index in [-0.39, 0.29) is 0 Å². The van der Waals surface area contributed by atoms with Crippen LogP contribution >= 0.6 is 0 Å². The Hall–Kier alpha value is -1.99. The van der Waals surface area contributed by atoms with Crippen LogP contribution in [0.25, 0.3) is 0 Å². The fourth-order valence-electron chi connectivity index (χ4n) is 3.12. The summed E-state index contributed by atoms with van der Waals surface area (Å²) >= 11 is 0. The van der Waals surface area contributed by atoms with Gasteiger partial charge < -0.3 is 25.0 Å². The van der Waals surface area contributed by atoms with Gasteiger partial charge in [0.15, 0.2) is 5.96 Å². The zero-order chi connectivity index (χ0) is 19.5. The quantitative estimate of drug-likeness (QED) is 0.384. The number of benzene rings is 1. The van der Waals surface area contributed by atoms with Crippen molar-refractivity contribution in [2.75, 3.05) is 66.6 Å². The largest absolute Gasteiger partial charge is 0.497 e. The Balaban J connectivity index is 1.62. The van der Waals surface area contributed by atoms with Crippen LogP contribution in [0.15, 0.2) is 29.3 Å². The average Bonchev–Trinajstić information content (AvgIpc) is 2.73. The first-order valence-corrected chi connectivity index (χ1v) is 9.84. The molecule has 7 heteroatoms. The lowest BCUT2D eigenvalue weighted by Gasteiger charge is -2.37. The number of nitrogens with zero attached hydrogens (tertiary/aromatic N) is 3. The van der Waals surface area contributed by atoms with Crippen LogP contribution < -0.4 is 20.1 Å². The Labute approximate surface area is 163 Å². The van der Waals surface area contributed by atoms with Gasteiger partial charge in [-0.15, -0.1) is 0 Å². The Bertz CT molecular complexity index is 556. The molecule has 0 aromatic heterocycles. The molecule has 1 heterocycles. The van der Waals surface area contributed by atoms with Crippen molar-refractivity contribution in [3.63, 3.8) is 0 Å². The highest BCUT2D eigenvalue weighted by molar-refractivity contribution is 5.79. The van der Waals surface area contributed by atoms with Crippen LogP contribution in [0.5, 0.6) is 11.5 Å². The van der Waals surface area contributed by atoms with Crippen molar-refractivity contribution < 1.29 is 9.47 Å². The first-order valence-electron chi connectivity index (χ1n) is 9.84. The van der Waals surface area contributed by atoms with E-state index in [9.17, 15) is 0 Å². The highest BCUT2D eigenvalue weighted by atomic mass is 16.5. The summed E-state index contributed by atoms with van der Waals surface area (Å²) in [6.07, 6.45) is 0. The Morgan fingerprint density at radius 1 is 1.11 bits per heavy atom. The molecular weight excluding hydrogens is 342 g/mol. The maximum absolute atomic E-state index is 5.73. The van der Waals surface area contributed by atoms with Crippen LogP contribution in [-0.2, 0) is 0 Å². The molecule has 1 unspecified atom stereocenters. The predicted molar refractivity (Wildman–Crippen MR) is 111 cm³/mol. The molecule has 1 aromatic rings. The van der Waals surface area contributed by atoms with Gasteiger partial charge in [0.05, 0.1) is 13.7 Å². The first-order chi connectivity index (χ1) is 13.2. The molecule has 0 bridgehead atoms. The van der Waals surface area contributed by atoms with Gasteiger partial charge in [-0.05, 0) is 37.7 Å². The highest BCUT2D eigenvalue weighted by Crippen LogP contribution is 2.16. The smallest absolute Gasteiger partial charge is 0.191 e. The van der Waals surface area contributed by atoms with Crippen molar-refractivity contribution in [1.29, 1.82) is 0 Å². The Morgan fingerprint density at radius 2 is 1.78 bits per heavy atom. The van der Waals surface area contributed by atoms with Gasteiger partial charge in [-0.1, -0.05) is 6.92 Å². The number of hydrogen-bond donors (Lipinski definition) is 2. The summed E-state index contributed by atoms with van der Waals surface area (Å²) in [4.78, 5) is 9.33. The molecule has 0 aliphatic carbocycles. The molecule has 1 fully saturated rings. The standard InChI is InChI=1S/C20H35N5O2/c1-5-24-11-13-25(14-12-24)17(2)16-23-20(21-3)22-10-15-27-19-8-6-18(26-4)7-9-19/h6-9,17H,5,10-16H2,1-4H3,(H2,21,22,23). The van der Waals surface area contributed by atoms with E-state index in [1.54, 1.807) is 14.2 Å². The third-order valence-corrected chi connectivity index (χ3v) is 4.99. The van der Waals surface area contributed by atoms with Gasteiger partial charge in [0.1, 0.15) is 18.1 Å². The monoisotopic (exact) mass is 377 g/mol. The third kappa shape index (κ3) is 7.27. The van der Waals surface area contributed by atoms with Crippen LogP contribution in [0.3, 0.4) is 0 Å². The molecule has 0 saturated carbocycles. The molecule has 2 rings (SSSR count). The molecule has 1 aromatic carbocycles. The molecule has 1 saturated heterocycles. The lowest BCUT2D eigenvalue weighted by atomic mass is 10.2.